The van der Waals surface area contributed by atoms with Crippen molar-refractivity contribution in [3.63, 3.8) is 0 Å². The number of anilines is 2. The summed E-state index contributed by atoms with van der Waals surface area (Å²) in [6, 6.07) is 0.407. The number of nitrogens with one attached hydrogen (secondary N) is 2. The molecule has 2 heterocycles. The van der Waals surface area contributed by atoms with E-state index in [2.05, 4.69) is 41.4 Å². The van der Waals surface area contributed by atoms with Crippen molar-refractivity contribution in [2.24, 2.45) is 0 Å². The minimum Gasteiger partial charge on any atom is -0.369 e. The molecule has 1 atom stereocenters. The highest BCUT2D eigenvalue weighted by Crippen LogP contribution is 2.18. The Bertz CT molecular complexity index is 534. The molecule has 0 aromatic carbocycles. The Hall–Kier alpha value is -1.78. The van der Waals surface area contributed by atoms with E-state index in [1.54, 1.807) is 0 Å². The number of hydrogen-bond donors (Lipinski definition) is 2. The number of aromatic nitrogens is 3. The molecule has 0 aliphatic heterocycles. The lowest BCUT2D eigenvalue weighted by Crippen LogP contribution is -2.17. The zero-order chi connectivity index (χ0) is 14.4. The summed E-state index contributed by atoms with van der Waals surface area (Å²) in [4.78, 5) is 9.04. The first kappa shape index (κ1) is 14.6. The fourth-order valence-corrected chi connectivity index (χ4v) is 2.18. The van der Waals surface area contributed by atoms with Gasteiger partial charge in [0, 0.05) is 25.0 Å². The monoisotopic (exact) mass is 275 g/mol. The van der Waals surface area contributed by atoms with Crippen LogP contribution in [-0.4, -0.2) is 27.0 Å². The molecule has 20 heavy (non-hydrogen) atoms. The van der Waals surface area contributed by atoms with Gasteiger partial charge in [0.15, 0.2) is 11.5 Å². The van der Waals surface area contributed by atoms with Gasteiger partial charge in [0.2, 0.25) is 0 Å². The number of rotatable bonds is 8. The predicted molar refractivity (Wildman–Crippen MR) is 84.4 cm³/mol. The maximum Gasteiger partial charge on any atom is 0.180 e. The van der Waals surface area contributed by atoms with Crippen molar-refractivity contribution in [3.8, 4) is 0 Å². The number of imidazole rings is 1. The second-order valence-corrected chi connectivity index (χ2v) is 5.25. The van der Waals surface area contributed by atoms with Crippen LogP contribution in [0, 0.1) is 0 Å². The average molecular weight is 275 g/mol. The normalized spacial score (nSPS) is 12.6. The van der Waals surface area contributed by atoms with Crippen LogP contribution in [0.3, 0.4) is 0 Å². The molecule has 0 aliphatic carbocycles. The highest BCUT2D eigenvalue weighted by atomic mass is 15.1. The predicted octanol–water partition coefficient (Wildman–Crippen LogP) is 3.54. The second-order valence-electron chi connectivity index (χ2n) is 5.25. The molecule has 2 rings (SSSR count). The first-order valence-corrected chi connectivity index (χ1v) is 7.58. The van der Waals surface area contributed by atoms with Crippen LogP contribution in [0.25, 0.3) is 5.65 Å². The van der Waals surface area contributed by atoms with Gasteiger partial charge in [-0.05, 0) is 19.8 Å². The first-order valence-electron chi connectivity index (χ1n) is 7.58. The summed E-state index contributed by atoms with van der Waals surface area (Å²) in [7, 11) is 0. The van der Waals surface area contributed by atoms with E-state index in [0.717, 1.165) is 36.7 Å². The SMILES string of the molecule is CCCCC(C)Nc1nc(NCCC)cn2ccnc12. The zero-order valence-corrected chi connectivity index (χ0v) is 12.7. The van der Waals surface area contributed by atoms with Crippen LogP contribution in [0.15, 0.2) is 18.6 Å². The molecule has 0 amide bonds. The van der Waals surface area contributed by atoms with E-state index in [-0.39, 0.29) is 0 Å². The molecular weight excluding hydrogens is 250 g/mol. The van der Waals surface area contributed by atoms with Gasteiger partial charge in [-0.1, -0.05) is 26.7 Å². The van der Waals surface area contributed by atoms with Crippen LogP contribution in [-0.2, 0) is 0 Å². The van der Waals surface area contributed by atoms with Gasteiger partial charge in [0.25, 0.3) is 0 Å². The molecule has 0 bridgehead atoms. The van der Waals surface area contributed by atoms with Gasteiger partial charge in [0.1, 0.15) is 5.82 Å². The third kappa shape index (κ3) is 3.62. The van der Waals surface area contributed by atoms with Crippen molar-refractivity contribution in [1.29, 1.82) is 0 Å². The van der Waals surface area contributed by atoms with Crippen LogP contribution >= 0.6 is 0 Å². The van der Waals surface area contributed by atoms with Crippen LogP contribution in [0.2, 0.25) is 0 Å². The van der Waals surface area contributed by atoms with Crippen LogP contribution in [0.1, 0.15) is 46.5 Å². The van der Waals surface area contributed by atoms with Crippen LogP contribution < -0.4 is 10.6 Å². The average Bonchev–Trinajstić information content (AvgIpc) is 2.91. The molecule has 0 saturated carbocycles. The fraction of sp³-hybridized carbons (Fsp3) is 0.600. The van der Waals surface area contributed by atoms with Gasteiger partial charge < -0.3 is 15.0 Å². The summed E-state index contributed by atoms with van der Waals surface area (Å²) in [5.41, 5.74) is 0.885. The summed E-state index contributed by atoms with van der Waals surface area (Å²) in [6.45, 7) is 7.49. The minimum absolute atomic E-state index is 0.407. The quantitative estimate of drug-likeness (QED) is 0.773. The lowest BCUT2D eigenvalue weighted by Gasteiger charge is -2.16. The van der Waals surface area contributed by atoms with Gasteiger partial charge in [-0.2, -0.15) is 0 Å². The lowest BCUT2D eigenvalue weighted by molar-refractivity contribution is 0.643. The molecule has 5 nitrogen and oxygen atoms in total. The third-order valence-electron chi connectivity index (χ3n) is 3.30. The highest BCUT2D eigenvalue weighted by Gasteiger charge is 2.10. The largest absolute Gasteiger partial charge is 0.369 e. The summed E-state index contributed by atoms with van der Waals surface area (Å²) >= 11 is 0. The molecule has 0 fully saturated rings. The molecular formula is C15H25N5. The topological polar surface area (TPSA) is 54.2 Å². The van der Waals surface area contributed by atoms with Crippen molar-refractivity contribution >= 4 is 17.3 Å². The van der Waals surface area contributed by atoms with E-state index in [0.29, 0.717) is 6.04 Å². The summed E-state index contributed by atoms with van der Waals surface area (Å²) in [6.07, 6.45) is 10.4. The van der Waals surface area contributed by atoms with Crippen molar-refractivity contribution in [3.05, 3.63) is 18.6 Å². The number of fused-ring (bicyclic) bond motifs is 1. The van der Waals surface area contributed by atoms with E-state index in [9.17, 15) is 0 Å². The Kier molecular flexibility index (Phi) is 5.21. The molecule has 2 aromatic rings. The summed E-state index contributed by atoms with van der Waals surface area (Å²) < 4.78 is 2.01. The van der Waals surface area contributed by atoms with Gasteiger partial charge in [-0.3, -0.25) is 0 Å². The Morgan fingerprint density at radius 2 is 2.15 bits per heavy atom. The molecule has 2 aromatic heterocycles. The number of nitrogens with zero attached hydrogens (tertiary/aromatic N) is 3. The van der Waals surface area contributed by atoms with Crippen molar-refractivity contribution in [2.75, 3.05) is 17.2 Å². The van der Waals surface area contributed by atoms with Crippen molar-refractivity contribution < 1.29 is 0 Å². The van der Waals surface area contributed by atoms with Crippen LogP contribution in [0.4, 0.5) is 11.6 Å². The molecule has 0 radical (unpaired) electrons. The molecule has 0 spiro atoms. The van der Waals surface area contributed by atoms with E-state index in [1.807, 2.05) is 23.0 Å². The van der Waals surface area contributed by atoms with Crippen molar-refractivity contribution in [1.82, 2.24) is 14.4 Å². The highest BCUT2D eigenvalue weighted by molar-refractivity contribution is 5.65. The maximum atomic E-state index is 4.65. The fourth-order valence-electron chi connectivity index (χ4n) is 2.18. The van der Waals surface area contributed by atoms with Gasteiger partial charge in [0.05, 0.1) is 6.20 Å². The molecule has 0 aliphatic rings. The van der Waals surface area contributed by atoms with Gasteiger partial charge in [-0.25, -0.2) is 9.97 Å². The first-order chi connectivity index (χ1) is 9.74. The number of hydrogen-bond acceptors (Lipinski definition) is 4. The van der Waals surface area contributed by atoms with Crippen LogP contribution in [0.5, 0.6) is 0 Å². The molecule has 5 heteroatoms. The minimum atomic E-state index is 0.407. The Morgan fingerprint density at radius 1 is 1.30 bits per heavy atom. The maximum absolute atomic E-state index is 4.65. The van der Waals surface area contributed by atoms with Gasteiger partial charge >= 0.3 is 0 Å². The standard InChI is InChI=1S/C15H25N5/c1-4-6-7-12(3)18-14-15-17-9-10-20(15)11-13(19-14)16-8-5-2/h9-12,16H,4-8H2,1-3H3,(H,18,19). The summed E-state index contributed by atoms with van der Waals surface area (Å²) in [5.74, 6) is 1.75. The lowest BCUT2D eigenvalue weighted by atomic mass is 10.1. The Morgan fingerprint density at radius 3 is 2.90 bits per heavy atom. The van der Waals surface area contributed by atoms with E-state index in [1.165, 1.54) is 12.8 Å². The van der Waals surface area contributed by atoms with E-state index >= 15 is 0 Å². The Labute approximate surface area is 120 Å². The van der Waals surface area contributed by atoms with Gasteiger partial charge in [-0.15, -0.1) is 0 Å². The van der Waals surface area contributed by atoms with E-state index in [4.69, 9.17) is 0 Å². The number of unbranched alkanes of at least 4 members (excludes halogenated alkanes) is 1. The smallest absolute Gasteiger partial charge is 0.180 e. The molecule has 0 saturated heterocycles. The van der Waals surface area contributed by atoms with Crippen molar-refractivity contribution in [2.45, 2.75) is 52.5 Å². The molecule has 110 valence electrons. The zero-order valence-electron chi connectivity index (χ0n) is 12.7. The molecule has 1 unspecified atom stereocenters. The molecule has 2 N–H and O–H groups in total. The second kappa shape index (κ2) is 7.12. The Balaban J connectivity index is 2.18. The summed E-state index contributed by atoms with van der Waals surface area (Å²) in [5, 5.41) is 6.82. The van der Waals surface area contributed by atoms with E-state index < -0.39 is 0 Å². The third-order valence-corrected chi connectivity index (χ3v) is 3.30.